The third-order valence-corrected chi connectivity index (χ3v) is 6.29. The second-order valence-electron chi connectivity index (χ2n) is 8.43. The van der Waals surface area contributed by atoms with Crippen molar-refractivity contribution in [3.63, 3.8) is 0 Å². The van der Waals surface area contributed by atoms with Crippen LogP contribution in [-0.2, 0) is 14.1 Å². The maximum Gasteiger partial charge on any atom is 0.174 e. The van der Waals surface area contributed by atoms with Crippen molar-refractivity contribution in [1.29, 1.82) is 0 Å². The molecule has 0 spiro atoms. The average molecular weight is 545 g/mol. The molecule has 0 bridgehead atoms. The summed E-state index contributed by atoms with van der Waals surface area (Å²) < 4.78 is 4.36. The topological polar surface area (TPSA) is 84.4 Å². The molecule has 0 unspecified atom stereocenters. The van der Waals surface area contributed by atoms with E-state index in [1.807, 2.05) is 60.7 Å². The molecule has 2 N–H and O–H groups in total. The lowest BCUT2D eigenvalue weighted by Crippen LogP contribution is -2.11. The number of pyridine rings is 2. The molecule has 0 saturated carbocycles. The molecule has 0 fully saturated rings. The molecule has 0 radical (unpaired) electrons. The summed E-state index contributed by atoms with van der Waals surface area (Å²) in [5.41, 5.74) is 12.5. The molecule has 0 atom stereocenters. The van der Waals surface area contributed by atoms with Crippen molar-refractivity contribution in [2.24, 2.45) is 24.3 Å². The summed E-state index contributed by atoms with van der Waals surface area (Å²) in [7, 11) is 4.13. The van der Waals surface area contributed by atoms with Gasteiger partial charge in [0.1, 0.15) is 11.5 Å². The molecule has 2 aromatic carbocycles. The van der Waals surface area contributed by atoms with Crippen LogP contribution in [0.5, 0.6) is 0 Å². The van der Waals surface area contributed by atoms with Crippen LogP contribution in [0.3, 0.4) is 0 Å². The number of nitrogens with zero attached hydrogens (tertiary/aromatic N) is 6. The minimum Gasteiger partial charge on any atom is -0.341 e. The number of hydrogen-bond acceptors (Lipinski definition) is 6. The number of fused-ring (bicyclic) bond motifs is 2. The highest BCUT2D eigenvalue weighted by molar-refractivity contribution is 6.08. The van der Waals surface area contributed by atoms with Crippen LogP contribution in [0.25, 0.3) is 33.2 Å². The number of hydrazine groups is 1. The molecule has 38 heavy (non-hydrogen) atoms. The number of halogens is 2. The maximum absolute atomic E-state index is 4.74. The summed E-state index contributed by atoms with van der Waals surface area (Å²) in [6.07, 6.45) is 3.47. The molecule has 0 aliphatic heterocycles. The third-order valence-electron chi connectivity index (χ3n) is 6.29. The molecule has 10 heteroatoms. The summed E-state index contributed by atoms with van der Waals surface area (Å²) in [4.78, 5) is 8.70. The fourth-order valence-corrected chi connectivity index (χ4v) is 4.62. The number of azo groups is 1. The fraction of sp³-hybridized carbons (Fsp3) is 0.0714. The first-order valence-corrected chi connectivity index (χ1v) is 11.6. The average Bonchev–Trinajstić information content (AvgIpc) is 3.37. The Morgan fingerprint density at radius 1 is 0.605 bits per heavy atom. The first-order chi connectivity index (χ1) is 17.7. The van der Waals surface area contributed by atoms with Crippen LogP contribution in [0.4, 0.5) is 23.0 Å². The van der Waals surface area contributed by atoms with Gasteiger partial charge < -0.3 is 9.13 Å². The summed E-state index contributed by atoms with van der Waals surface area (Å²) in [5, 5.41) is 11.3. The van der Waals surface area contributed by atoms with Gasteiger partial charge in [-0.25, -0.2) is 9.97 Å². The van der Waals surface area contributed by atoms with E-state index in [-0.39, 0.29) is 24.8 Å². The monoisotopic (exact) mass is 544 g/mol. The van der Waals surface area contributed by atoms with Crippen molar-refractivity contribution in [2.45, 2.75) is 0 Å². The van der Waals surface area contributed by atoms with Crippen LogP contribution >= 0.6 is 24.8 Å². The molecule has 0 aliphatic rings. The second-order valence-corrected chi connectivity index (χ2v) is 8.43. The second kappa shape index (κ2) is 11.3. The molecule has 192 valence electrons. The van der Waals surface area contributed by atoms with Crippen LogP contribution in [0.1, 0.15) is 0 Å². The number of aromatic nitrogens is 4. The van der Waals surface area contributed by atoms with E-state index in [0.29, 0.717) is 5.82 Å². The van der Waals surface area contributed by atoms with E-state index in [1.54, 1.807) is 12.4 Å². The van der Waals surface area contributed by atoms with Crippen molar-refractivity contribution in [3.05, 3.63) is 97.3 Å². The Balaban J connectivity index is 0.00000168. The lowest BCUT2D eigenvalue weighted by molar-refractivity contribution is 0.922. The first-order valence-electron chi connectivity index (χ1n) is 11.6. The standard InChI is InChI=1S/C28H24N8.2ClH/c1-35-21-13-5-3-11-19(21)25(33-31-23-15-7-9-17-29-23)27(35)28-26(34-32-24-16-8-10-18-30-24)20-12-4-6-14-22(20)36(28)2;;/h3-18,33H,1-2H3,(H,29,31);2*1H. The number of aryl methyl sites for hydroxylation is 2. The molecule has 0 aliphatic carbocycles. The van der Waals surface area contributed by atoms with Gasteiger partial charge in [-0.3, -0.25) is 10.9 Å². The normalized spacial score (nSPS) is 10.9. The van der Waals surface area contributed by atoms with E-state index in [9.17, 15) is 0 Å². The Morgan fingerprint density at radius 3 is 1.89 bits per heavy atom. The van der Waals surface area contributed by atoms with Gasteiger partial charge in [-0.15, -0.1) is 35.0 Å². The molecule has 6 aromatic rings. The number of rotatable bonds is 6. The molecule has 0 saturated heterocycles. The van der Waals surface area contributed by atoms with Gasteiger partial charge in [0.05, 0.1) is 28.1 Å². The van der Waals surface area contributed by atoms with Gasteiger partial charge in [0.25, 0.3) is 0 Å². The Morgan fingerprint density at radius 2 is 1.21 bits per heavy atom. The highest BCUT2D eigenvalue weighted by Crippen LogP contribution is 2.46. The zero-order valence-corrected chi connectivity index (χ0v) is 22.4. The van der Waals surface area contributed by atoms with E-state index < -0.39 is 0 Å². The van der Waals surface area contributed by atoms with E-state index in [0.717, 1.165) is 50.4 Å². The Hall–Kier alpha value is -4.40. The van der Waals surface area contributed by atoms with Crippen molar-refractivity contribution in [1.82, 2.24) is 19.1 Å². The number of para-hydroxylation sites is 2. The van der Waals surface area contributed by atoms with Gasteiger partial charge in [0.15, 0.2) is 5.82 Å². The number of benzene rings is 2. The zero-order chi connectivity index (χ0) is 24.5. The van der Waals surface area contributed by atoms with Crippen molar-refractivity contribution in [2.75, 3.05) is 10.9 Å². The Kier molecular flexibility index (Phi) is 7.95. The molecular weight excluding hydrogens is 519 g/mol. The Bertz CT molecular complexity index is 1710. The van der Waals surface area contributed by atoms with Gasteiger partial charge in [-0.1, -0.05) is 48.5 Å². The zero-order valence-electron chi connectivity index (χ0n) is 20.7. The Labute approximate surface area is 232 Å². The van der Waals surface area contributed by atoms with Crippen LogP contribution in [0.2, 0.25) is 0 Å². The van der Waals surface area contributed by atoms with Crippen LogP contribution < -0.4 is 10.9 Å². The van der Waals surface area contributed by atoms with Crippen LogP contribution in [0, 0.1) is 0 Å². The van der Waals surface area contributed by atoms with Gasteiger partial charge in [-0.2, -0.15) is 0 Å². The summed E-state index contributed by atoms with van der Waals surface area (Å²) in [5.74, 6) is 1.28. The van der Waals surface area contributed by atoms with Crippen molar-refractivity contribution < 1.29 is 0 Å². The summed E-state index contributed by atoms with van der Waals surface area (Å²) >= 11 is 0. The molecule has 4 aromatic heterocycles. The quantitative estimate of drug-likeness (QED) is 0.165. The largest absolute Gasteiger partial charge is 0.341 e. The molecule has 4 heterocycles. The summed E-state index contributed by atoms with van der Waals surface area (Å²) in [6.45, 7) is 0. The minimum atomic E-state index is 0. The van der Waals surface area contributed by atoms with E-state index in [2.05, 4.69) is 73.4 Å². The predicted molar refractivity (Wildman–Crippen MR) is 159 cm³/mol. The predicted octanol–water partition coefficient (Wildman–Crippen LogP) is 7.83. The maximum atomic E-state index is 4.74. The van der Waals surface area contributed by atoms with E-state index >= 15 is 0 Å². The molecule has 8 nitrogen and oxygen atoms in total. The number of hydrogen-bond donors (Lipinski definition) is 2. The van der Waals surface area contributed by atoms with Gasteiger partial charge in [0.2, 0.25) is 0 Å². The smallest absolute Gasteiger partial charge is 0.174 e. The highest BCUT2D eigenvalue weighted by atomic mass is 35.5. The summed E-state index contributed by atoms with van der Waals surface area (Å²) in [6, 6.07) is 27.9. The fourth-order valence-electron chi connectivity index (χ4n) is 4.62. The lowest BCUT2D eigenvalue weighted by atomic mass is 10.1. The molecule has 0 amide bonds. The van der Waals surface area contributed by atoms with Gasteiger partial charge in [-0.05, 0) is 36.4 Å². The lowest BCUT2D eigenvalue weighted by Gasteiger charge is -2.13. The SMILES string of the molecule is Cl.Cl.Cn1c(-c2c(NNc3ccccn3)c3ccccc3n2C)c(N=Nc2ccccn2)c2ccccc21. The van der Waals surface area contributed by atoms with E-state index in [1.165, 1.54) is 0 Å². The van der Waals surface area contributed by atoms with Crippen molar-refractivity contribution >= 4 is 69.6 Å². The molecule has 6 rings (SSSR count). The number of anilines is 2. The molecular formula is C28H26Cl2N8. The van der Waals surface area contributed by atoms with Crippen LogP contribution in [-0.4, -0.2) is 19.1 Å². The minimum absolute atomic E-state index is 0. The van der Waals surface area contributed by atoms with Crippen LogP contribution in [0.15, 0.2) is 108 Å². The first kappa shape index (κ1) is 26.7. The highest BCUT2D eigenvalue weighted by Gasteiger charge is 2.25. The third kappa shape index (κ3) is 4.67. The van der Waals surface area contributed by atoms with Gasteiger partial charge >= 0.3 is 0 Å². The van der Waals surface area contributed by atoms with Gasteiger partial charge in [0, 0.05) is 37.3 Å². The van der Waals surface area contributed by atoms with E-state index in [4.69, 9.17) is 5.11 Å². The number of nitrogens with one attached hydrogen (secondary N) is 2. The van der Waals surface area contributed by atoms with Crippen molar-refractivity contribution in [3.8, 4) is 11.4 Å².